The van der Waals surface area contributed by atoms with E-state index in [-0.39, 0.29) is 22.5 Å². The van der Waals surface area contributed by atoms with Crippen molar-refractivity contribution in [1.82, 2.24) is 0 Å². The number of Topliss-reactive ketones (excluding diaryl/α,β-unsaturated/α-hetero) is 1. The SMILES string of the molecule is CCC1=C(O)c2c(oc(-c3ccc(CBr)cc3)cc2=O)C(CC)(CC)C1=O. The van der Waals surface area contributed by atoms with Gasteiger partial charge in [0.25, 0.3) is 0 Å². The van der Waals surface area contributed by atoms with Crippen molar-refractivity contribution in [3.63, 3.8) is 0 Å². The summed E-state index contributed by atoms with van der Waals surface area (Å²) < 4.78 is 6.14. The molecule has 1 aliphatic rings. The number of carbonyl (C=O) groups is 1. The van der Waals surface area contributed by atoms with Crippen LogP contribution >= 0.6 is 15.9 Å². The normalized spacial score (nSPS) is 15.8. The van der Waals surface area contributed by atoms with Crippen molar-refractivity contribution < 1.29 is 14.3 Å². The molecule has 0 radical (unpaired) electrons. The summed E-state index contributed by atoms with van der Waals surface area (Å²) in [6.45, 7) is 5.64. The number of hydrogen-bond acceptors (Lipinski definition) is 4. The Balaban J connectivity index is 2.31. The molecule has 27 heavy (non-hydrogen) atoms. The Morgan fingerprint density at radius 3 is 2.22 bits per heavy atom. The topological polar surface area (TPSA) is 67.5 Å². The lowest BCUT2D eigenvalue weighted by molar-refractivity contribution is -0.122. The maximum atomic E-state index is 13.2. The third kappa shape index (κ3) is 2.98. The van der Waals surface area contributed by atoms with Gasteiger partial charge in [0, 0.05) is 22.5 Å². The summed E-state index contributed by atoms with van der Waals surface area (Å²) in [6, 6.07) is 9.08. The Morgan fingerprint density at radius 2 is 1.70 bits per heavy atom. The first-order valence-corrected chi connectivity index (χ1v) is 10.4. The number of ketones is 1. The molecule has 0 atom stereocenters. The van der Waals surface area contributed by atoms with Crippen LogP contribution in [-0.2, 0) is 15.5 Å². The molecule has 0 unspecified atom stereocenters. The Morgan fingerprint density at radius 1 is 1.07 bits per heavy atom. The summed E-state index contributed by atoms with van der Waals surface area (Å²) in [5, 5.41) is 11.4. The molecule has 1 aromatic carbocycles. The maximum Gasteiger partial charge on any atom is 0.196 e. The van der Waals surface area contributed by atoms with E-state index in [9.17, 15) is 14.7 Å². The lowest BCUT2D eigenvalue weighted by Gasteiger charge is -2.35. The molecule has 3 rings (SSSR count). The summed E-state index contributed by atoms with van der Waals surface area (Å²) in [6.07, 6.45) is 1.38. The van der Waals surface area contributed by atoms with Crippen LogP contribution in [0.25, 0.3) is 17.1 Å². The van der Waals surface area contributed by atoms with Crippen molar-refractivity contribution in [2.24, 2.45) is 0 Å². The lowest BCUT2D eigenvalue weighted by Crippen LogP contribution is -2.41. The Bertz CT molecular complexity index is 963. The standard InChI is InChI=1S/C22H23BrO4/c1-4-15-19(25)18-16(24)11-17(14-9-7-13(12-23)8-10-14)27-21(18)22(5-2,6-3)20(15)26/h7-11,25H,4-6,12H2,1-3H3. The number of fused-ring (bicyclic) bond motifs is 1. The molecule has 1 heterocycles. The summed E-state index contributed by atoms with van der Waals surface area (Å²) in [4.78, 5) is 26.1. The molecule has 0 bridgehead atoms. The van der Waals surface area contributed by atoms with Gasteiger partial charge in [-0.2, -0.15) is 0 Å². The minimum atomic E-state index is -0.919. The van der Waals surface area contributed by atoms with Crippen LogP contribution in [0.4, 0.5) is 0 Å². The summed E-state index contributed by atoms with van der Waals surface area (Å²) in [5.41, 5.74) is 1.08. The van der Waals surface area contributed by atoms with Crippen molar-refractivity contribution in [2.75, 3.05) is 0 Å². The number of alkyl halides is 1. The van der Waals surface area contributed by atoms with Crippen LogP contribution in [0.15, 0.2) is 45.1 Å². The van der Waals surface area contributed by atoms with E-state index in [1.807, 2.05) is 45.0 Å². The van der Waals surface area contributed by atoms with E-state index in [1.54, 1.807) is 0 Å². The molecule has 0 amide bonds. The molecule has 1 aliphatic carbocycles. The van der Waals surface area contributed by atoms with Crippen LogP contribution in [0, 0.1) is 0 Å². The van der Waals surface area contributed by atoms with E-state index >= 15 is 0 Å². The fourth-order valence-electron chi connectivity index (χ4n) is 3.83. The van der Waals surface area contributed by atoms with E-state index in [0.29, 0.717) is 36.4 Å². The van der Waals surface area contributed by atoms with Gasteiger partial charge in [0.15, 0.2) is 11.2 Å². The highest BCUT2D eigenvalue weighted by Gasteiger charge is 2.48. The number of allylic oxidation sites excluding steroid dienone is 1. The van der Waals surface area contributed by atoms with E-state index in [1.165, 1.54) is 6.07 Å². The highest BCUT2D eigenvalue weighted by atomic mass is 79.9. The van der Waals surface area contributed by atoms with Crippen LogP contribution in [0.5, 0.6) is 0 Å². The molecular weight excluding hydrogens is 408 g/mol. The number of rotatable bonds is 5. The van der Waals surface area contributed by atoms with Gasteiger partial charge in [-0.25, -0.2) is 0 Å². The molecule has 4 nitrogen and oxygen atoms in total. The zero-order valence-corrected chi connectivity index (χ0v) is 17.4. The fraction of sp³-hybridized carbons (Fsp3) is 0.364. The van der Waals surface area contributed by atoms with Gasteiger partial charge in [-0.15, -0.1) is 0 Å². The number of halogens is 1. The van der Waals surface area contributed by atoms with Crippen LogP contribution < -0.4 is 5.43 Å². The average Bonchev–Trinajstić information content (AvgIpc) is 2.69. The Hall–Kier alpha value is -2.14. The van der Waals surface area contributed by atoms with Gasteiger partial charge in [-0.3, -0.25) is 9.59 Å². The summed E-state index contributed by atoms with van der Waals surface area (Å²) in [5.74, 6) is 0.325. The van der Waals surface area contributed by atoms with Gasteiger partial charge in [-0.1, -0.05) is 61.0 Å². The van der Waals surface area contributed by atoms with E-state index in [4.69, 9.17) is 4.42 Å². The van der Waals surface area contributed by atoms with Gasteiger partial charge in [0.05, 0.1) is 5.41 Å². The van der Waals surface area contributed by atoms with Crippen LogP contribution in [0.2, 0.25) is 0 Å². The first-order valence-electron chi connectivity index (χ1n) is 9.24. The van der Waals surface area contributed by atoms with E-state index < -0.39 is 5.41 Å². The number of aliphatic hydroxyl groups is 1. The zero-order chi connectivity index (χ0) is 19.8. The predicted molar refractivity (Wildman–Crippen MR) is 110 cm³/mol. The van der Waals surface area contributed by atoms with Gasteiger partial charge in [0.2, 0.25) is 0 Å². The molecule has 0 spiro atoms. The van der Waals surface area contributed by atoms with Crippen molar-refractivity contribution in [2.45, 2.75) is 50.8 Å². The number of benzene rings is 1. The predicted octanol–water partition coefficient (Wildman–Crippen LogP) is 5.52. The maximum absolute atomic E-state index is 13.2. The van der Waals surface area contributed by atoms with Gasteiger partial charge in [0.1, 0.15) is 22.8 Å². The summed E-state index contributed by atoms with van der Waals surface area (Å²) in [7, 11) is 0. The monoisotopic (exact) mass is 430 g/mol. The van der Waals surface area contributed by atoms with E-state index in [0.717, 1.165) is 16.5 Å². The van der Waals surface area contributed by atoms with Crippen molar-refractivity contribution >= 4 is 27.5 Å². The molecule has 1 N–H and O–H groups in total. The highest BCUT2D eigenvalue weighted by molar-refractivity contribution is 9.08. The number of carbonyl (C=O) groups excluding carboxylic acids is 1. The second-order valence-corrected chi connectivity index (χ2v) is 7.37. The fourth-order valence-corrected chi connectivity index (χ4v) is 4.20. The first-order chi connectivity index (χ1) is 12.9. The minimum Gasteiger partial charge on any atom is -0.507 e. The molecular formula is C22H23BrO4. The van der Waals surface area contributed by atoms with Gasteiger partial charge >= 0.3 is 0 Å². The Kier molecular flexibility index (Phi) is 5.43. The largest absolute Gasteiger partial charge is 0.507 e. The average molecular weight is 431 g/mol. The second-order valence-electron chi connectivity index (χ2n) is 6.81. The smallest absolute Gasteiger partial charge is 0.196 e. The lowest BCUT2D eigenvalue weighted by atomic mass is 9.68. The van der Waals surface area contributed by atoms with Crippen molar-refractivity contribution in [1.29, 1.82) is 0 Å². The quantitative estimate of drug-likeness (QED) is 0.633. The van der Waals surface area contributed by atoms with Gasteiger partial charge < -0.3 is 9.52 Å². The first kappa shape index (κ1) is 19.6. The number of hydrogen-bond donors (Lipinski definition) is 1. The van der Waals surface area contributed by atoms with Crippen LogP contribution in [0.1, 0.15) is 56.9 Å². The molecule has 0 saturated heterocycles. The van der Waals surface area contributed by atoms with Gasteiger partial charge in [-0.05, 0) is 24.8 Å². The Labute approximate surface area is 167 Å². The van der Waals surface area contributed by atoms with Crippen LogP contribution in [0.3, 0.4) is 0 Å². The van der Waals surface area contributed by atoms with E-state index in [2.05, 4.69) is 15.9 Å². The summed E-state index contributed by atoms with van der Waals surface area (Å²) >= 11 is 3.41. The third-order valence-corrected chi connectivity index (χ3v) is 6.21. The molecule has 0 saturated carbocycles. The zero-order valence-electron chi connectivity index (χ0n) is 15.8. The molecule has 1 aromatic heterocycles. The molecule has 0 aliphatic heterocycles. The highest BCUT2D eigenvalue weighted by Crippen LogP contribution is 2.44. The minimum absolute atomic E-state index is 0.135. The third-order valence-electron chi connectivity index (χ3n) is 5.57. The van der Waals surface area contributed by atoms with Crippen LogP contribution in [-0.4, -0.2) is 10.9 Å². The van der Waals surface area contributed by atoms with Crippen molar-refractivity contribution in [3.8, 4) is 11.3 Å². The molecule has 5 heteroatoms. The number of aliphatic hydroxyl groups excluding tert-OH is 1. The molecule has 142 valence electrons. The molecule has 0 fully saturated rings. The van der Waals surface area contributed by atoms with Crippen molar-refractivity contribution in [3.05, 3.63) is 63.0 Å². The molecule has 2 aromatic rings. The second kappa shape index (κ2) is 7.47.